The highest BCUT2D eigenvalue weighted by Gasteiger charge is 2.19. The summed E-state index contributed by atoms with van der Waals surface area (Å²) >= 11 is 3.08. The molecule has 1 N–H and O–H groups in total. The highest BCUT2D eigenvalue weighted by molar-refractivity contribution is 9.10. The quantitative estimate of drug-likeness (QED) is 0.930. The van der Waals surface area contributed by atoms with E-state index in [0.717, 1.165) is 6.07 Å². The molecule has 1 aromatic carbocycles. The lowest BCUT2D eigenvalue weighted by Gasteiger charge is -2.10. The molecule has 0 aliphatic rings. The average molecular weight is 345 g/mol. The number of hydrogen-bond acceptors (Lipinski definition) is 3. The van der Waals surface area contributed by atoms with E-state index < -0.39 is 20.7 Å². The number of halogens is 2. The van der Waals surface area contributed by atoms with Crippen LogP contribution in [0.2, 0.25) is 0 Å². The van der Waals surface area contributed by atoms with Crippen molar-refractivity contribution in [2.24, 2.45) is 0 Å². The molecular formula is C12H10BrFN2O2S. The fourth-order valence-electron chi connectivity index (χ4n) is 1.48. The molecule has 0 aliphatic heterocycles. The molecule has 2 rings (SSSR count). The lowest BCUT2D eigenvalue weighted by atomic mass is 10.3. The van der Waals surface area contributed by atoms with E-state index in [9.17, 15) is 12.8 Å². The maximum Gasteiger partial charge on any atom is 0.264 e. The standard InChI is InChI=1S/C12H10BrFN2O2S/c1-8-7-15-5-4-11(8)16-19(17,18)12-3-2-9(13)6-10(12)14/h2-7H,1H3,(H,15,16). The summed E-state index contributed by atoms with van der Waals surface area (Å²) in [5.74, 6) is -0.811. The maximum atomic E-state index is 13.7. The largest absolute Gasteiger partial charge is 0.279 e. The van der Waals surface area contributed by atoms with Crippen LogP contribution in [0.3, 0.4) is 0 Å². The number of benzene rings is 1. The highest BCUT2D eigenvalue weighted by atomic mass is 79.9. The zero-order valence-electron chi connectivity index (χ0n) is 9.89. The summed E-state index contributed by atoms with van der Waals surface area (Å²) in [5, 5.41) is 0. The van der Waals surface area contributed by atoms with Gasteiger partial charge in [0.1, 0.15) is 10.7 Å². The van der Waals surface area contributed by atoms with Gasteiger partial charge >= 0.3 is 0 Å². The molecule has 0 aliphatic carbocycles. The summed E-state index contributed by atoms with van der Waals surface area (Å²) in [4.78, 5) is 3.47. The summed E-state index contributed by atoms with van der Waals surface area (Å²) in [6.45, 7) is 1.71. The van der Waals surface area contributed by atoms with Crippen LogP contribution >= 0.6 is 15.9 Å². The summed E-state index contributed by atoms with van der Waals surface area (Å²) in [6.07, 6.45) is 2.98. The molecule has 0 saturated carbocycles. The molecule has 0 atom stereocenters. The highest BCUT2D eigenvalue weighted by Crippen LogP contribution is 2.23. The van der Waals surface area contributed by atoms with Crippen LogP contribution in [-0.2, 0) is 10.0 Å². The Morgan fingerprint density at radius 2 is 2.05 bits per heavy atom. The Balaban J connectivity index is 2.41. The van der Waals surface area contributed by atoms with Gasteiger partial charge in [-0.3, -0.25) is 9.71 Å². The maximum absolute atomic E-state index is 13.7. The van der Waals surface area contributed by atoms with Crippen LogP contribution < -0.4 is 4.72 Å². The van der Waals surface area contributed by atoms with Crippen molar-refractivity contribution in [3.05, 3.63) is 52.5 Å². The van der Waals surface area contributed by atoms with Crippen LogP contribution in [0.5, 0.6) is 0 Å². The summed E-state index contributed by atoms with van der Waals surface area (Å²) in [6, 6.07) is 5.30. The van der Waals surface area contributed by atoms with Gasteiger partial charge in [-0.25, -0.2) is 12.8 Å². The van der Waals surface area contributed by atoms with Crippen molar-refractivity contribution in [3.8, 4) is 0 Å². The Bertz CT molecular complexity index is 719. The lowest BCUT2D eigenvalue weighted by Crippen LogP contribution is -2.15. The Hall–Kier alpha value is -1.47. The van der Waals surface area contributed by atoms with Gasteiger partial charge in [-0.1, -0.05) is 15.9 Å². The van der Waals surface area contributed by atoms with E-state index in [4.69, 9.17) is 0 Å². The van der Waals surface area contributed by atoms with Crippen molar-refractivity contribution in [3.63, 3.8) is 0 Å². The van der Waals surface area contributed by atoms with Crippen molar-refractivity contribution in [1.29, 1.82) is 0 Å². The van der Waals surface area contributed by atoms with Crippen LogP contribution in [0, 0.1) is 12.7 Å². The van der Waals surface area contributed by atoms with Crippen molar-refractivity contribution >= 4 is 31.6 Å². The fourth-order valence-corrected chi connectivity index (χ4v) is 3.01. The predicted molar refractivity (Wildman–Crippen MR) is 73.9 cm³/mol. The number of nitrogens with one attached hydrogen (secondary N) is 1. The molecule has 0 spiro atoms. The van der Waals surface area contributed by atoms with Crippen LogP contribution in [-0.4, -0.2) is 13.4 Å². The molecule has 0 saturated heterocycles. The molecule has 2 aromatic rings. The van der Waals surface area contributed by atoms with Gasteiger partial charge in [0, 0.05) is 16.9 Å². The third-order valence-electron chi connectivity index (χ3n) is 2.45. The number of sulfonamides is 1. The van der Waals surface area contributed by atoms with E-state index in [0.29, 0.717) is 15.7 Å². The zero-order valence-corrected chi connectivity index (χ0v) is 12.3. The number of aryl methyl sites for hydroxylation is 1. The third kappa shape index (κ3) is 3.10. The number of rotatable bonds is 3. The Morgan fingerprint density at radius 3 is 2.68 bits per heavy atom. The second-order valence-electron chi connectivity index (χ2n) is 3.87. The minimum Gasteiger partial charge on any atom is -0.279 e. The number of nitrogens with zero attached hydrogens (tertiary/aromatic N) is 1. The van der Waals surface area contributed by atoms with Gasteiger partial charge in [-0.2, -0.15) is 0 Å². The van der Waals surface area contributed by atoms with Crippen molar-refractivity contribution in [2.75, 3.05) is 4.72 Å². The molecule has 0 fully saturated rings. The first kappa shape index (κ1) is 14.0. The zero-order chi connectivity index (χ0) is 14.0. The van der Waals surface area contributed by atoms with Crippen LogP contribution in [0.15, 0.2) is 46.0 Å². The Kier molecular flexibility index (Phi) is 3.86. The molecule has 100 valence electrons. The van der Waals surface area contributed by atoms with Crippen molar-refractivity contribution < 1.29 is 12.8 Å². The fraction of sp³-hybridized carbons (Fsp3) is 0.0833. The first-order chi connectivity index (χ1) is 8.90. The minimum absolute atomic E-state index is 0.373. The molecule has 0 bridgehead atoms. The van der Waals surface area contributed by atoms with Crippen LogP contribution in [0.4, 0.5) is 10.1 Å². The van der Waals surface area contributed by atoms with Gasteiger partial charge in [0.05, 0.1) is 5.69 Å². The number of anilines is 1. The van der Waals surface area contributed by atoms with E-state index in [1.54, 1.807) is 6.92 Å². The molecule has 7 heteroatoms. The van der Waals surface area contributed by atoms with E-state index in [1.807, 2.05) is 0 Å². The van der Waals surface area contributed by atoms with Gasteiger partial charge < -0.3 is 0 Å². The van der Waals surface area contributed by atoms with Crippen LogP contribution in [0.1, 0.15) is 5.56 Å². The average Bonchev–Trinajstić information content (AvgIpc) is 2.31. The van der Waals surface area contributed by atoms with Crippen LogP contribution in [0.25, 0.3) is 0 Å². The summed E-state index contributed by atoms with van der Waals surface area (Å²) < 4.78 is 40.7. The van der Waals surface area contributed by atoms with E-state index in [2.05, 4.69) is 25.6 Å². The number of hydrogen-bond donors (Lipinski definition) is 1. The first-order valence-electron chi connectivity index (χ1n) is 5.28. The Labute approximate surface area is 118 Å². The third-order valence-corrected chi connectivity index (χ3v) is 4.34. The smallest absolute Gasteiger partial charge is 0.264 e. The normalized spacial score (nSPS) is 11.3. The molecule has 1 heterocycles. The molecule has 1 aromatic heterocycles. The van der Waals surface area contributed by atoms with Gasteiger partial charge in [-0.15, -0.1) is 0 Å². The Morgan fingerprint density at radius 1 is 1.32 bits per heavy atom. The molecule has 19 heavy (non-hydrogen) atoms. The monoisotopic (exact) mass is 344 g/mol. The number of pyridine rings is 1. The summed E-state index contributed by atoms with van der Waals surface area (Å²) in [7, 11) is -3.96. The van der Waals surface area contributed by atoms with Crippen molar-refractivity contribution in [2.45, 2.75) is 11.8 Å². The molecule has 0 amide bonds. The van der Waals surface area contributed by atoms with E-state index in [-0.39, 0.29) is 0 Å². The second-order valence-corrected chi connectivity index (χ2v) is 6.44. The van der Waals surface area contributed by atoms with Gasteiger partial charge in [0.2, 0.25) is 0 Å². The topological polar surface area (TPSA) is 59.1 Å². The molecular weight excluding hydrogens is 335 g/mol. The van der Waals surface area contributed by atoms with Gasteiger partial charge in [-0.05, 0) is 36.8 Å². The minimum atomic E-state index is -3.96. The van der Waals surface area contributed by atoms with E-state index in [1.165, 1.54) is 30.6 Å². The lowest BCUT2D eigenvalue weighted by molar-refractivity contribution is 0.570. The van der Waals surface area contributed by atoms with E-state index >= 15 is 0 Å². The molecule has 4 nitrogen and oxygen atoms in total. The van der Waals surface area contributed by atoms with Gasteiger partial charge in [0.15, 0.2) is 0 Å². The molecule has 0 unspecified atom stereocenters. The SMILES string of the molecule is Cc1cnccc1NS(=O)(=O)c1ccc(Br)cc1F. The number of aromatic nitrogens is 1. The van der Waals surface area contributed by atoms with Crippen molar-refractivity contribution in [1.82, 2.24) is 4.98 Å². The second kappa shape index (κ2) is 5.26. The first-order valence-corrected chi connectivity index (χ1v) is 7.56. The summed E-state index contributed by atoms with van der Waals surface area (Å²) in [5.41, 5.74) is 1.03. The molecule has 0 radical (unpaired) electrons. The van der Waals surface area contributed by atoms with Gasteiger partial charge in [0.25, 0.3) is 10.0 Å². The predicted octanol–water partition coefficient (Wildman–Crippen LogP) is 3.09.